The number of hydrogen-bond acceptors (Lipinski definition) is 9. The molecule has 13 heteroatoms. The summed E-state index contributed by atoms with van der Waals surface area (Å²) in [6.45, 7) is 6.15. The second-order valence-corrected chi connectivity index (χ2v) is 13.8. The van der Waals surface area contributed by atoms with Crippen LogP contribution in [0.1, 0.15) is 52.9 Å². The van der Waals surface area contributed by atoms with Gasteiger partial charge in [0.1, 0.15) is 28.1 Å². The van der Waals surface area contributed by atoms with Crippen LogP contribution in [0, 0.1) is 11.3 Å². The van der Waals surface area contributed by atoms with Gasteiger partial charge in [-0.25, -0.2) is 4.79 Å². The zero-order chi connectivity index (χ0) is 34.3. The minimum absolute atomic E-state index is 0.0163. The van der Waals surface area contributed by atoms with Crippen molar-refractivity contribution in [3.63, 3.8) is 0 Å². The first-order valence-corrected chi connectivity index (χ1v) is 16.8. The molecule has 2 aromatic carbocycles. The van der Waals surface area contributed by atoms with Gasteiger partial charge in [0, 0.05) is 33.6 Å². The molecule has 48 heavy (non-hydrogen) atoms. The Morgan fingerprint density at radius 3 is 2.56 bits per heavy atom. The Balaban J connectivity index is 1.20. The average Bonchev–Trinajstić information content (AvgIpc) is 3.70. The Bertz CT molecular complexity index is 1890. The second-order valence-electron chi connectivity index (χ2n) is 11.7. The number of ether oxygens (including phenoxy) is 1. The van der Waals surface area contributed by atoms with Crippen molar-refractivity contribution in [3.05, 3.63) is 106 Å². The highest BCUT2D eigenvalue weighted by Crippen LogP contribution is 2.37. The highest BCUT2D eigenvalue weighted by molar-refractivity contribution is 8.00. The zero-order valence-electron chi connectivity index (χ0n) is 26.5. The number of anilines is 2. The van der Waals surface area contributed by atoms with E-state index < -0.39 is 23.5 Å². The van der Waals surface area contributed by atoms with Gasteiger partial charge < -0.3 is 30.0 Å². The lowest BCUT2D eigenvalue weighted by atomic mass is 10.0. The molecule has 0 aliphatic carbocycles. The van der Waals surface area contributed by atoms with Crippen molar-refractivity contribution in [1.29, 1.82) is 5.26 Å². The predicted molar refractivity (Wildman–Crippen MR) is 184 cm³/mol. The van der Waals surface area contributed by atoms with Crippen LogP contribution >= 0.6 is 23.1 Å². The minimum atomic E-state index is -0.618. The lowest BCUT2D eigenvalue weighted by Crippen LogP contribution is -2.39. The number of thioether (sulfide) groups is 1. The molecule has 3 heterocycles. The first-order chi connectivity index (χ1) is 23.0. The Morgan fingerprint density at radius 1 is 1.06 bits per heavy atom. The zero-order valence-corrected chi connectivity index (χ0v) is 28.1. The molecular weight excluding hydrogens is 651 g/mol. The topological polar surface area (TPSA) is 154 Å². The maximum absolute atomic E-state index is 13.3. The molecular formula is C35H33N5O6S2. The third-order valence-corrected chi connectivity index (χ3v) is 9.02. The summed E-state index contributed by atoms with van der Waals surface area (Å²) in [6.07, 6.45) is 2.98. The molecule has 246 valence electrons. The Morgan fingerprint density at radius 2 is 1.85 bits per heavy atom. The van der Waals surface area contributed by atoms with Crippen LogP contribution in [0.3, 0.4) is 0 Å². The highest BCUT2D eigenvalue weighted by Gasteiger charge is 2.30. The molecule has 0 spiro atoms. The van der Waals surface area contributed by atoms with E-state index in [-0.39, 0.29) is 17.4 Å². The molecule has 1 aliphatic heterocycles. The smallest absolute Gasteiger partial charge is 0.410 e. The largest absolute Gasteiger partial charge is 0.465 e. The normalized spacial score (nSPS) is 12.8. The first-order valence-electron chi connectivity index (χ1n) is 15.0. The fraction of sp³-hybridized carbons (Fsp3) is 0.229. The fourth-order valence-corrected chi connectivity index (χ4v) is 6.71. The number of fused-ring (bicyclic) bond motifs is 1. The van der Waals surface area contributed by atoms with Gasteiger partial charge in [0.15, 0.2) is 0 Å². The molecule has 0 fully saturated rings. The number of nitrogens with one attached hydrogen (secondary N) is 3. The molecule has 4 amide bonds. The van der Waals surface area contributed by atoms with Gasteiger partial charge in [0.2, 0.25) is 5.91 Å². The minimum Gasteiger partial charge on any atom is -0.465 e. The van der Waals surface area contributed by atoms with Crippen LogP contribution in [-0.4, -0.2) is 46.6 Å². The highest BCUT2D eigenvalue weighted by atomic mass is 32.2. The summed E-state index contributed by atoms with van der Waals surface area (Å²) >= 11 is 2.55. The maximum Gasteiger partial charge on any atom is 0.410 e. The fourth-order valence-electron chi connectivity index (χ4n) is 4.72. The Hall–Kier alpha value is -5.32. The molecule has 0 bridgehead atoms. The summed E-state index contributed by atoms with van der Waals surface area (Å²) in [5.74, 6) is -0.890. The quantitative estimate of drug-likeness (QED) is 0.131. The summed E-state index contributed by atoms with van der Waals surface area (Å²) in [5.41, 5.74) is 1.47. The molecule has 4 aromatic rings. The van der Waals surface area contributed by atoms with E-state index in [0.29, 0.717) is 52.0 Å². The van der Waals surface area contributed by atoms with Crippen molar-refractivity contribution in [2.45, 2.75) is 44.2 Å². The number of rotatable bonds is 9. The number of carbonyl (C=O) groups excluding carboxylic acids is 4. The van der Waals surface area contributed by atoms with E-state index >= 15 is 0 Å². The number of nitriles is 1. The summed E-state index contributed by atoms with van der Waals surface area (Å²) in [6, 6.07) is 21.0. The number of nitrogens with zero attached hydrogens (tertiary/aromatic N) is 2. The molecule has 2 aromatic heterocycles. The van der Waals surface area contributed by atoms with E-state index in [0.717, 1.165) is 10.4 Å². The van der Waals surface area contributed by atoms with Crippen LogP contribution in [0.5, 0.6) is 0 Å². The Kier molecular flexibility index (Phi) is 10.7. The van der Waals surface area contributed by atoms with E-state index in [9.17, 15) is 24.4 Å². The molecule has 0 saturated heterocycles. The SMILES string of the molecule is CC(C)(C)OC(=O)N1CCc2c(sc(NC(=O)CSc3cccc(NC(=O)/C(=C/c4ccco4)NC(=O)c4ccccc4)c3)c2C#N)C1. The van der Waals surface area contributed by atoms with Gasteiger partial charge in [-0.3, -0.25) is 14.4 Å². The van der Waals surface area contributed by atoms with Crippen molar-refractivity contribution in [2.24, 2.45) is 0 Å². The number of amides is 4. The summed E-state index contributed by atoms with van der Waals surface area (Å²) in [7, 11) is 0. The third kappa shape index (κ3) is 8.93. The number of benzene rings is 2. The monoisotopic (exact) mass is 683 g/mol. The number of carbonyl (C=O) groups is 4. The molecule has 3 N–H and O–H groups in total. The van der Waals surface area contributed by atoms with Crippen LogP contribution in [0.25, 0.3) is 6.08 Å². The molecule has 1 aliphatic rings. The lowest BCUT2D eigenvalue weighted by molar-refractivity contribution is -0.114. The van der Waals surface area contributed by atoms with Crippen LogP contribution in [0.2, 0.25) is 0 Å². The van der Waals surface area contributed by atoms with Gasteiger partial charge in [-0.1, -0.05) is 24.3 Å². The van der Waals surface area contributed by atoms with Gasteiger partial charge in [0.05, 0.1) is 24.1 Å². The van der Waals surface area contributed by atoms with E-state index in [1.54, 1.807) is 71.6 Å². The summed E-state index contributed by atoms with van der Waals surface area (Å²) in [4.78, 5) is 54.8. The van der Waals surface area contributed by atoms with Crippen LogP contribution in [-0.2, 0) is 27.3 Å². The summed E-state index contributed by atoms with van der Waals surface area (Å²) in [5, 5.41) is 18.6. The van der Waals surface area contributed by atoms with E-state index in [4.69, 9.17) is 9.15 Å². The van der Waals surface area contributed by atoms with E-state index in [2.05, 4.69) is 22.0 Å². The Labute approximate surface area is 286 Å². The van der Waals surface area contributed by atoms with Gasteiger partial charge in [-0.2, -0.15) is 5.26 Å². The van der Waals surface area contributed by atoms with Crippen molar-refractivity contribution in [2.75, 3.05) is 22.9 Å². The van der Waals surface area contributed by atoms with Gasteiger partial charge in [-0.05, 0) is 75.2 Å². The number of thiophene rings is 1. The summed E-state index contributed by atoms with van der Waals surface area (Å²) < 4.78 is 10.8. The van der Waals surface area contributed by atoms with Gasteiger partial charge >= 0.3 is 6.09 Å². The molecule has 0 atom stereocenters. The van der Waals surface area contributed by atoms with Crippen LogP contribution in [0.15, 0.2) is 88.0 Å². The van der Waals surface area contributed by atoms with Crippen molar-refractivity contribution in [3.8, 4) is 6.07 Å². The molecule has 0 unspecified atom stereocenters. The third-order valence-electron chi connectivity index (χ3n) is 6.89. The van der Waals surface area contributed by atoms with Crippen molar-refractivity contribution in [1.82, 2.24) is 10.2 Å². The average molecular weight is 684 g/mol. The predicted octanol–water partition coefficient (Wildman–Crippen LogP) is 6.65. The molecule has 5 rings (SSSR count). The first kappa shape index (κ1) is 34.0. The number of hydrogen-bond donors (Lipinski definition) is 3. The van der Waals surface area contributed by atoms with Crippen LogP contribution < -0.4 is 16.0 Å². The van der Waals surface area contributed by atoms with Gasteiger partial charge in [-0.15, -0.1) is 23.1 Å². The number of furan rings is 1. The lowest BCUT2D eigenvalue weighted by Gasteiger charge is -2.29. The second kappa shape index (κ2) is 15.1. The van der Waals surface area contributed by atoms with E-state index in [1.165, 1.54) is 35.4 Å². The maximum atomic E-state index is 13.3. The van der Waals surface area contributed by atoms with Crippen LogP contribution in [0.4, 0.5) is 15.5 Å². The molecule has 11 nitrogen and oxygen atoms in total. The van der Waals surface area contributed by atoms with Gasteiger partial charge in [0.25, 0.3) is 11.8 Å². The van der Waals surface area contributed by atoms with Crippen molar-refractivity contribution < 1.29 is 28.3 Å². The standard InChI is InChI=1S/C35H33N5O6S2/c1-35(2,3)46-34(44)40-15-14-26-27(19-36)33(48-29(26)20-40)39-30(41)21-47-25-13-7-11-23(17-25)37-32(43)28(18-24-12-8-16-45-24)38-31(42)22-9-5-4-6-10-22/h4-13,16-18H,14-15,20-21H2,1-3H3,(H,37,43)(H,38,42)(H,39,41)/b28-18-. The van der Waals surface area contributed by atoms with Crippen molar-refractivity contribution >= 4 is 63.7 Å². The van der Waals surface area contributed by atoms with E-state index in [1.807, 2.05) is 20.8 Å². The molecule has 0 radical (unpaired) electrons. The molecule has 0 saturated carbocycles.